The van der Waals surface area contributed by atoms with Gasteiger partial charge in [0.05, 0.1) is 26.2 Å². The van der Waals surface area contributed by atoms with E-state index in [1.807, 2.05) is 0 Å². The van der Waals surface area contributed by atoms with Gasteiger partial charge in [0.25, 0.3) is 0 Å². The van der Waals surface area contributed by atoms with E-state index in [0.29, 0.717) is 0 Å². The van der Waals surface area contributed by atoms with E-state index in [1.165, 1.54) is 13.3 Å². The van der Waals surface area contributed by atoms with Gasteiger partial charge in [0, 0.05) is 18.0 Å². The summed E-state index contributed by atoms with van der Waals surface area (Å²) >= 11 is 0. The zero-order valence-corrected chi connectivity index (χ0v) is 12.5. The first kappa shape index (κ1) is 18.4. The minimum absolute atomic E-state index is 0.0157. The highest BCUT2D eigenvalue weighted by Crippen LogP contribution is 2.28. The van der Waals surface area contributed by atoms with Crippen LogP contribution in [0.5, 0.6) is 0 Å². The number of aromatic nitrogens is 2. The van der Waals surface area contributed by atoms with Crippen LogP contribution >= 0.6 is 0 Å². The first-order valence-electron chi connectivity index (χ1n) is 6.19. The number of esters is 1. The molecule has 1 aromatic rings. The molecule has 10 heteroatoms. The van der Waals surface area contributed by atoms with Gasteiger partial charge in [-0.25, -0.2) is 14.8 Å². The van der Waals surface area contributed by atoms with Crippen molar-refractivity contribution in [3.63, 3.8) is 0 Å². The molecule has 0 aliphatic carbocycles. The molecule has 0 unspecified atom stereocenters. The first-order chi connectivity index (χ1) is 10.8. The lowest BCUT2D eigenvalue weighted by Gasteiger charge is -2.12. The second-order valence-electron chi connectivity index (χ2n) is 3.95. The Morgan fingerprint density at radius 3 is 2.61 bits per heavy atom. The van der Waals surface area contributed by atoms with Gasteiger partial charge in [-0.2, -0.15) is 13.2 Å². The second-order valence-corrected chi connectivity index (χ2v) is 3.95. The van der Waals surface area contributed by atoms with E-state index in [0.717, 1.165) is 19.6 Å². The molecule has 0 radical (unpaired) electrons. The van der Waals surface area contributed by atoms with Crippen molar-refractivity contribution in [1.82, 2.24) is 9.97 Å². The fourth-order valence-corrected chi connectivity index (χ4v) is 1.51. The monoisotopic (exact) mass is 333 g/mol. The van der Waals surface area contributed by atoms with E-state index in [4.69, 9.17) is 9.57 Å². The molecule has 0 atom stereocenters. The molecule has 0 bridgehead atoms. The van der Waals surface area contributed by atoms with Crippen molar-refractivity contribution < 1.29 is 32.3 Å². The van der Waals surface area contributed by atoms with E-state index in [2.05, 4.69) is 19.9 Å². The third-order valence-corrected chi connectivity index (χ3v) is 2.43. The van der Waals surface area contributed by atoms with Gasteiger partial charge in [0.15, 0.2) is 6.61 Å². The lowest BCUT2D eigenvalue weighted by atomic mass is 10.1. The van der Waals surface area contributed by atoms with Gasteiger partial charge < -0.3 is 14.3 Å². The first-order valence-corrected chi connectivity index (χ1v) is 6.19. The Hall–Kier alpha value is -2.65. The van der Waals surface area contributed by atoms with E-state index in [-0.39, 0.29) is 16.8 Å². The maximum atomic E-state index is 12.7. The quantitative estimate of drug-likeness (QED) is 0.261. The molecule has 0 amide bonds. The summed E-state index contributed by atoms with van der Waals surface area (Å²) in [6.07, 6.45) is -1.56. The molecule has 0 N–H and O–H groups in total. The van der Waals surface area contributed by atoms with Gasteiger partial charge in [0.1, 0.15) is 5.57 Å². The molecule has 0 aliphatic heterocycles. The van der Waals surface area contributed by atoms with Gasteiger partial charge in [-0.1, -0.05) is 5.16 Å². The SMILES string of the molecule is CC=NOCc1nc(C(F)(F)F)ncc1/C(=C\OC)C(=O)OC. The number of ether oxygens (including phenoxy) is 2. The number of nitrogens with zero attached hydrogens (tertiary/aromatic N) is 3. The minimum Gasteiger partial charge on any atom is -0.503 e. The summed E-state index contributed by atoms with van der Waals surface area (Å²) in [6.45, 7) is 1.16. The summed E-state index contributed by atoms with van der Waals surface area (Å²) in [6, 6.07) is 0. The number of alkyl halides is 3. The molecule has 23 heavy (non-hydrogen) atoms. The Bertz CT molecular complexity index is 615. The van der Waals surface area contributed by atoms with Crippen LogP contribution in [0, 0.1) is 0 Å². The summed E-state index contributed by atoms with van der Waals surface area (Å²) in [4.78, 5) is 23.2. The van der Waals surface area contributed by atoms with Crippen molar-refractivity contribution >= 4 is 17.8 Å². The molecule has 1 heterocycles. The van der Waals surface area contributed by atoms with Gasteiger partial charge in [-0.15, -0.1) is 0 Å². The molecule has 1 rings (SSSR count). The van der Waals surface area contributed by atoms with Gasteiger partial charge in [-0.3, -0.25) is 0 Å². The number of carbonyl (C=O) groups excluding carboxylic acids is 1. The smallest absolute Gasteiger partial charge is 0.451 e. The van der Waals surface area contributed by atoms with Crippen molar-refractivity contribution in [2.24, 2.45) is 5.16 Å². The van der Waals surface area contributed by atoms with Crippen LogP contribution in [-0.2, 0) is 31.9 Å². The van der Waals surface area contributed by atoms with Crippen molar-refractivity contribution in [1.29, 1.82) is 0 Å². The Morgan fingerprint density at radius 1 is 1.39 bits per heavy atom. The normalized spacial score (nSPS) is 12.3. The predicted molar refractivity (Wildman–Crippen MR) is 73.0 cm³/mol. The number of rotatable bonds is 6. The maximum absolute atomic E-state index is 12.7. The number of methoxy groups -OCH3 is 2. The molecule has 0 aliphatic rings. The Labute approximate surface area is 129 Å². The predicted octanol–water partition coefficient (Wildman–Crippen LogP) is 2.18. The topological polar surface area (TPSA) is 82.9 Å². The maximum Gasteiger partial charge on any atom is 0.451 e. The number of halogens is 3. The average molecular weight is 333 g/mol. The minimum atomic E-state index is -4.74. The van der Waals surface area contributed by atoms with E-state index < -0.39 is 24.6 Å². The largest absolute Gasteiger partial charge is 0.503 e. The van der Waals surface area contributed by atoms with Crippen LogP contribution in [0.1, 0.15) is 24.0 Å². The molecule has 7 nitrogen and oxygen atoms in total. The highest BCUT2D eigenvalue weighted by Gasteiger charge is 2.35. The van der Waals surface area contributed by atoms with Crippen molar-refractivity contribution in [3.8, 4) is 0 Å². The van der Waals surface area contributed by atoms with Crippen LogP contribution in [0.2, 0.25) is 0 Å². The molecule has 0 aromatic carbocycles. The zero-order chi connectivity index (χ0) is 17.5. The van der Waals surface area contributed by atoms with Crippen LogP contribution in [0.25, 0.3) is 5.57 Å². The van der Waals surface area contributed by atoms with Crippen LogP contribution in [-0.4, -0.2) is 36.4 Å². The lowest BCUT2D eigenvalue weighted by molar-refractivity contribution is -0.145. The molecule has 0 fully saturated rings. The zero-order valence-electron chi connectivity index (χ0n) is 12.5. The third kappa shape index (κ3) is 4.94. The standard InChI is InChI=1S/C13H14F3N3O4/c1-4-18-23-7-10-8(9(6-21-2)11(20)22-3)5-17-12(19-10)13(14,15)16/h4-6H,7H2,1-3H3/b9-6+,18-4?. The van der Waals surface area contributed by atoms with Gasteiger partial charge in [0.2, 0.25) is 5.82 Å². The summed E-state index contributed by atoms with van der Waals surface area (Å²) in [5, 5.41) is 3.44. The fraction of sp³-hybridized carbons (Fsp3) is 0.385. The summed E-state index contributed by atoms with van der Waals surface area (Å²) in [5.41, 5.74) is -0.354. The van der Waals surface area contributed by atoms with Crippen molar-refractivity contribution in [2.75, 3.05) is 14.2 Å². The van der Waals surface area contributed by atoms with Crippen molar-refractivity contribution in [2.45, 2.75) is 19.7 Å². The van der Waals surface area contributed by atoms with Crippen LogP contribution < -0.4 is 0 Å². The van der Waals surface area contributed by atoms with Gasteiger partial charge in [-0.05, 0) is 6.92 Å². The molecule has 126 valence electrons. The summed E-state index contributed by atoms with van der Waals surface area (Å²) in [5.74, 6) is -2.18. The molecule has 1 aromatic heterocycles. The second kappa shape index (κ2) is 8.11. The lowest BCUT2D eigenvalue weighted by Crippen LogP contribution is -2.16. The van der Waals surface area contributed by atoms with E-state index in [9.17, 15) is 18.0 Å². The van der Waals surface area contributed by atoms with Crippen LogP contribution in [0.15, 0.2) is 17.6 Å². The van der Waals surface area contributed by atoms with E-state index >= 15 is 0 Å². The van der Waals surface area contributed by atoms with E-state index in [1.54, 1.807) is 6.92 Å². The molecular weight excluding hydrogens is 319 g/mol. The summed E-state index contributed by atoms with van der Waals surface area (Å²) in [7, 11) is 2.39. The molecule has 0 saturated heterocycles. The third-order valence-electron chi connectivity index (χ3n) is 2.43. The van der Waals surface area contributed by atoms with Crippen molar-refractivity contribution in [3.05, 3.63) is 29.5 Å². The highest BCUT2D eigenvalue weighted by atomic mass is 19.4. The average Bonchev–Trinajstić information content (AvgIpc) is 2.51. The van der Waals surface area contributed by atoms with Gasteiger partial charge >= 0.3 is 12.1 Å². The molecular formula is C13H14F3N3O4. The Kier molecular flexibility index (Phi) is 6.49. The molecule has 0 saturated carbocycles. The Balaban J connectivity index is 3.38. The Morgan fingerprint density at radius 2 is 2.09 bits per heavy atom. The van der Waals surface area contributed by atoms with Crippen LogP contribution in [0.3, 0.4) is 0 Å². The molecule has 0 spiro atoms. The number of hydrogen-bond acceptors (Lipinski definition) is 7. The highest BCUT2D eigenvalue weighted by molar-refractivity contribution is 6.16. The number of hydrogen-bond donors (Lipinski definition) is 0. The number of oxime groups is 1. The number of carbonyl (C=O) groups is 1. The fourth-order valence-electron chi connectivity index (χ4n) is 1.51. The van der Waals surface area contributed by atoms with Crippen LogP contribution in [0.4, 0.5) is 13.2 Å². The summed E-state index contributed by atoms with van der Waals surface area (Å²) < 4.78 is 47.5.